The molecule has 2 rings (SSSR count). The van der Waals surface area contributed by atoms with Crippen LogP contribution in [0.25, 0.3) is 0 Å². The van der Waals surface area contributed by atoms with E-state index in [4.69, 9.17) is 21.7 Å². The van der Waals surface area contributed by atoms with E-state index < -0.39 is 11.9 Å². The van der Waals surface area contributed by atoms with Crippen LogP contribution in [0, 0.1) is 13.8 Å². The molecule has 0 radical (unpaired) electrons. The third-order valence-corrected chi connectivity index (χ3v) is 4.06. The summed E-state index contributed by atoms with van der Waals surface area (Å²) >= 11 is 5.39. The first kappa shape index (κ1) is 21.4. The summed E-state index contributed by atoms with van der Waals surface area (Å²) in [5, 5.41) is 6.49. The summed E-state index contributed by atoms with van der Waals surface area (Å²) in [5.41, 5.74) is 3.99. The van der Waals surface area contributed by atoms with Gasteiger partial charge >= 0.3 is 11.9 Å². The molecule has 0 heterocycles. The normalized spacial score (nSPS) is 10.1. The van der Waals surface area contributed by atoms with Gasteiger partial charge in [-0.05, 0) is 75.3 Å². The SMILES string of the molecule is CCOC(=O)c1cc(NC(=S)Nc2cc(C)ccc2C)cc(C(=O)OCC)c1. The van der Waals surface area contributed by atoms with Crippen LogP contribution in [-0.4, -0.2) is 30.3 Å². The van der Waals surface area contributed by atoms with Gasteiger partial charge < -0.3 is 20.1 Å². The molecular formula is C21H24N2O4S. The van der Waals surface area contributed by atoms with Gasteiger partial charge in [-0.1, -0.05) is 12.1 Å². The fraction of sp³-hybridized carbons (Fsp3) is 0.286. The van der Waals surface area contributed by atoms with Crippen LogP contribution >= 0.6 is 12.2 Å². The summed E-state index contributed by atoms with van der Waals surface area (Å²) in [5.74, 6) is -1.05. The van der Waals surface area contributed by atoms with Gasteiger partial charge in [0.15, 0.2) is 5.11 Å². The van der Waals surface area contributed by atoms with Crippen LogP contribution in [0.4, 0.5) is 11.4 Å². The molecule has 0 unspecified atom stereocenters. The van der Waals surface area contributed by atoms with E-state index in [0.717, 1.165) is 16.8 Å². The van der Waals surface area contributed by atoms with Crippen molar-refractivity contribution in [3.63, 3.8) is 0 Å². The Balaban J connectivity index is 2.27. The summed E-state index contributed by atoms with van der Waals surface area (Å²) in [6.07, 6.45) is 0. The molecule has 0 aliphatic rings. The summed E-state index contributed by atoms with van der Waals surface area (Å²) in [6, 6.07) is 10.6. The van der Waals surface area contributed by atoms with E-state index in [2.05, 4.69) is 10.6 Å². The van der Waals surface area contributed by atoms with Gasteiger partial charge in [0.1, 0.15) is 0 Å². The van der Waals surface area contributed by atoms with Gasteiger partial charge in [-0.2, -0.15) is 0 Å². The van der Waals surface area contributed by atoms with Gasteiger partial charge in [-0.3, -0.25) is 0 Å². The number of thiocarbonyl (C=S) groups is 1. The van der Waals surface area contributed by atoms with Crippen molar-refractivity contribution in [2.24, 2.45) is 0 Å². The number of nitrogens with one attached hydrogen (secondary N) is 2. The predicted octanol–water partition coefficient (Wildman–Crippen LogP) is 4.47. The number of hydrogen-bond donors (Lipinski definition) is 2. The number of carbonyl (C=O) groups excluding carboxylic acids is 2. The summed E-state index contributed by atoms with van der Waals surface area (Å²) in [4.78, 5) is 24.3. The van der Waals surface area contributed by atoms with Crippen LogP contribution in [0.15, 0.2) is 36.4 Å². The predicted molar refractivity (Wildman–Crippen MR) is 114 cm³/mol. The van der Waals surface area contributed by atoms with Crippen LogP contribution in [0.5, 0.6) is 0 Å². The zero-order valence-electron chi connectivity index (χ0n) is 16.4. The first-order valence-corrected chi connectivity index (χ1v) is 9.39. The smallest absolute Gasteiger partial charge is 0.338 e. The Morgan fingerprint density at radius 1 is 0.893 bits per heavy atom. The monoisotopic (exact) mass is 400 g/mol. The highest BCUT2D eigenvalue weighted by Crippen LogP contribution is 2.20. The van der Waals surface area contributed by atoms with E-state index in [1.807, 2.05) is 32.0 Å². The van der Waals surface area contributed by atoms with E-state index in [0.29, 0.717) is 10.8 Å². The lowest BCUT2D eigenvalue weighted by atomic mass is 10.1. The van der Waals surface area contributed by atoms with Gasteiger partial charge in [0, 0.05) is 11.4 Å². The molecule has 0 amide bonds. The molecule has 0 aliphatic heterocycles. The molecule has 0 fully saturated rings. The lowest BCUT2D eigenvalue weighted by Gasteiger charge is -2.15. The maximum absolute atomic E-state index is 12.1. The van der Waals surface area contributed by atoms with Gasteiger partial charge in [-0.25, -0.2) is 9.59 Å². The molecule has 0 aliphatic carbocycles. The Kier molecular flexibility index (Phi) is 7.52. The number of aryl methyl sites for hydroxylation is 2. The molecule has 2 N–H and O–H groups in total. The zero-order valence-corrected chi connectivity index (χ0v) is 17.2. The largest absolute Gasteiger partial charge is 0.462 e. The molecule has 2 aromatic carbocycles. The lowest BCUT2D eigenvalue weighted by molar-refractivity contribution is 0.0525. The number of anilines is 2. The van der Waals surface area contributed by atoms with Gasteiger partial charge in [-0.15, -0.1) is 0 Å². The molecule has 0 spiro atoms. The Morgan fingerprint density at radius 2 is 1.46 bits per heavy atom. The molecule has 148 valence electrons. The molecule has 0 atom stereocenters. The Morgan fingerprint density at radius 3 is 2.00 bits per heavy atom. The van der Waals surface area contributed by atoms with E-state index in [-0.39, 0.29) is 24.3 Å². The maximum Gasteiger partial charge on any atom is 0.338 e. The minimum absolute atomic E-state index is 0.234. The van der Waals surface area contributed by atoms with Crippen molar-refractivity contribution < 1.29 is 19.1 Å². The molecule has 7 heteroatoms. The highest BCUT2D eigenvalue weighted by Gasteiger charge is 2.15. The summed E-state index contributed by atoms with van der Waals surface area (Å²) in [7, 11) is 0. The Hall–Kier alpha value is -2.93. The second-order valence-electron chi connectivity index (χ2n) is 6.14. The molecule has 0 bridgehead atoms. The Labute approximate surface area is 170 Å². The molecule has 28 heavy (non-hydrogen) atoms. The standard InChI is InChI=1S/C21H24N2O4S/c1-5-26-19(24)15-10-16(20(25)27-6-2)12-17(11-15)22-21(28)23-18-9-13(3)7-8-14(18)4/h7-12H,5-6H2,1-4H3,(H2,22,23,28). The molecule has 0 saturated carbocycles. The number of esters is 2. The quantitative estimate of drug-likeness (QED) is 0.547. The van der Waals surface area contributed by atoms with Crippen molar-refractivity contribution >= 4 is 40.6 Å². The van der Waals surface area contributed by atoms with Crippen molar-refractivity contribution in [2.45, 2.75) is 27.7 Å². The third kappa shape index (κ3) is 5.79. The number of benzene rings is 2. The first-order chi connectivity index (χ1) is 13.3. The van der Waals surface area contributed by atoms with Crippen molar-refractivity contribution in [1.29, 1.82) is 0 Å². The van der Waals surface area contributed by atoms with E-state index in [9.17, 15) is 9.59 Å². The third-order valence-electron chi connectivity index (χ3n) is 3.85. The second-order valence-corrected chi connectivity index (χ2v) is 6.55. The lowest BCUT2D eigenvalue weighted by Crippen LogP contribution is -2.20. The van der Waals surface area contributed by atoms with E-state index >= 15 is 0 Å². The molecule has 2 aromatic rings. The minimum Gasteiger partial charge on any atom is -0.462 e. The maximum atomic E-state index is 12.1. The molecule has 6 nitrogen and oxygen atoms in total. The average molecular weight is 401 g/mol. The average Bonchev–Trinajstić information content (AvgIpc) is 2.64. The number of hydrogen-bond acceptors (Lipinski definition) is 5. The first-order valence-electron chi connectivity index (χ1n) is 8.98. The van der Waals surface area contributed by atoms with Crippen molar-refractivity contribution in [3.05, 3.63) is 58.7 Å². The highest BCUT2D eigenvalue weighted by molar-refractivity contribution is 7.80. The van der Waals surface area contributed by atoms with Crippen LogP contribution in [0.1, 0.15) is 45.7 Å². The van der Waals surface area contributed by atoms with Crippen LogP contribution in [-0.2, 0) is 9.47 Å². The van der Waals surface area contributed by atoms with Crippen LogP contribution in [0.2, 0.25) is 0 Å². The van der Waals surface area contributed by atoms with Gasteiger partial charge in [0.05, 0.1) is 24.3 Å². The van der Waals surface area contributed by atoms with Crippen molar-refractivity contribution in [2.75, 3.05) is 23.8 Å². The number of carbonyl (C=O) groups is 2. The van der Waals surface area contributed by atoms with Crippen LogP contribution in [0.3, 0.4) is 0 Å². The van der Waals surface area contributed by atoms with E-state index in [1.165, 1.54) is 6.07 Å². The highest BCUT2D eigenvalue weighted by atomic mass is 32.1. The van der Waals surface area contributed by atoms with Gasteiger partial charge in [0.2, 0.25) is 0 Å². The fourth-order valence-corrected chi connectivity index (χ4v) is 2.75. The van der Waals surface area contributed by atoms with Crippen molar-refractivity contribution in [3.8, 4) is 0 Å². The van der Waals surface area contributed by atoms with Gasteiger partial charge in [0.25, 0.3) is 0 Å². The molecule has 0 saturated heterocycles. The topological polar surface area (TPSA) is 76.7 Å². The molecular weight excluding hydrogens is 376 g/mol. The zero-order chi connectivity index (χ0) is 20.7. The number of ether oxygens (including phenoxy) is 2. The van der Waals surface area contributed by atoms with Crippen LogP contribution < -0.4 is 10.6 Å². The minimum atomic E-state index is -0.523. The van der Waals surface area contributed by atoms with E-state index in [1.54, 1.807) is 26.0 Å². The Bertz CT molecular complexity index is 860. The second kappa shape index (κ2) is 9.85. The molecule has 0 aromatic heterocycles. The number of rotatable bonds is 6. The summed E-state index contributed by atoms with van der Waals surface area (Å²) in [6.45, 7) is 7.88. The summed E-state index contributed by atoms with van der Waals surface area (Å²) < 4.78 is 10.1. The van der Waals surface area contributed by atoms with Crippen molar-refractivity contribution in [1.82, 2.24) is 0 Å². The fourth-order valence-electron chi connectivity index (χ4n) is 2.52.